The van der Waals surface area contributed by atoms with Gasteiger partial charge in [0.1, 0.15) is 11.8 Å². The van der Waals surface area contributed by atoms with E-state index in [2.05, 4.69) is 16.0 Å². The molecule has 2 amide bonds. The Morgan fingerprint density at radius 2 is 1.50 bits per heavy atom. The van der Waals surface area contributed by atoms with Crippen molar-refractivity contribution >= 4 is 28.9 Å². The van der Waals surface area contributed by atoms with Gasteiger partial charge in [0.2, 0.25) is 12.7 Å². The number of amides is 2. The van der Waals surface area contributed by atoms with Gasteiger partial charge >= 0.3 is 0 Å². The number of hydrogen-bond acceptors (Lipinski definition) is 6. The van der Waals surface area contributed by atoms with Gasteiger partial charge in [-0.3, -0.25) is 9.59 Å². The van der Waals surface area contributed by atoms with Gasteiger partial charge in [0.05, 0.1) is 7.11 Å². The summed E-state index contributed by atoms with van der Waals surface area (Å²) in [6.45, 7) is 1.94. The molecule has 0 spiro atoms. The molecule has 0 radical (unpaired) electrons. The van der Waals surface area contributed by atoms with Crippen LogP contribution in [-0.2, 0) is 4.79 Å². The van der Waals surface area contributed by atoms with Crippen molar-refractivity contribution in [1.82, 2.24) is 0 Å². The fourth-order valence-electron chi connectivity index (χ4n) is 3.14. The van der Waals surface area contributed by atoms with Gasteiger partial charge in [-0.2, -0.15) is 0 Å². The Labute approximate surface area is 185 Å². The van der Waals surface area contributed by atoms with Crippen LogP contribution < -0.4 is 30.2 Å². The number of rotatable bonds is 7. The van der Waals surface area contributed by atoms with Crippen LogP contribution in [0.5, 0.6) is 17.2 Å². The Kier molecular flexibility index (Phi) is 6.12. The topological polar surface area (TPSA) is 97.9 Å². The molecule has 0 aliphatic carbocycles. The third kappa shape index (κ3) is 4.92. The first-order valence-corrected chi connectivity index (χ1v) is 10.0. The van der Waals surface area contributed by atoms with Gasteiger partial charge in [-0.05, 0) is 67.6 Å². The molecular formula is C24H23N3O5. The van der Waals surface area contributed by atoms with Gasteiger partial charge in [-0.25, -0.2) is 0 Å². The molecule has 0 unspecified atom stereocenters. The zero-order chi connectivity index (χ0) is 22.5. The third-order valence-electron chi connectivity index (χ3n) is 4.91. The monoisotopic (exact) mass is 433 g/mol. The summed E-state index contributed by atoms with van der Waals surface area (Å²) in [4.78, 5) is 25.0. The highest BCUT2D eigenvalue weighted by atomic mass is 16.7. The van der Waals surface area contributed by atoms with Crippen molar-refractivity contribution in [2.75, 3.05) is 29.9 Å². The van der Waals surface area contributed by atoms with Crippen LogP contribution in [0.15, 0.2) is 66.7 Å². The molecule has 3 aromatic rings. The Morgan fingerprint density at radius 3 is 2.22 bits per heavy atom. The number of anilines is 3. The van der Waals surface area contributed by atoms with Crippen LogP contribution in [0.1, 0.15) is 17.3 Å². The summed E-state index contributed by atoms with van der Waals surface area (Å²) in [7, 11) is 1.59. The first-order valence-electron chi connectivity index (χ1n) is 10.0. The van der Waals surface area contributed by atoms with Crippen LogP contribution in [0.25, 0.3) is 0 Å². The second-order valence-electron chi connectivity index (χ2n) is 7.18. The van der Waals surface area contributed by atoms with E-state index in [-0.39, 0.29) is 18.6 Å². The maximum atomic E-state index is 12.5. The van der Waals surface area contributed by atoms with Gasteiger partial charge in [-0.15, -0.1) is 0 Å². The zero-order valence-corrected chi connectivity index (χ0v) is 17.7. The van der Waals surface area contributed by atoms with Gasteiger partial charge in [0, 0.05) is 28.7 Å². The first kappa shape index (κ1) is 21.0. The second-order valence-corrected chi connectivity index (χ2v) is 7.18. The standard InChI is InChI=1S/C24H23N3O5/c1-15(23(28)27-19-9-12-21-22(13-19)32-14-31-21)25-17-5-3-16(4-6-17)24(29)26-18-7-10-20(30-2)11-8-18/h3-13,15,25H,14H2,1-2H3,(H,26,29)(H,27,28)/t15-/m1/s1. The summed E-state index contributed by atoms with van der Waals surface area (Å²) in [5.74, 6) is 1.55. The molecule has 3 N–H and O–H groups in total. The first-order chi connectivity index (χ1) is 15.5. The minimum atomic E-state index is -0.501. The fraction of sp³-hybridized carbons (Fsp3) is 0.167. The summed E-state index contributed by atoms with van der Waals surface area (Å²) in [6, 6.07) is 18.7. The van der Waals surface area contributed by atoms with Gasteiger partial charge in [0.25, 0.3) is 5.91 Å². The van der Waals surface area contributed by atoms with E-state index in [0.29, 0.717) is 28.4 Å². The van der Waals surface area contributed by atoms with E-state index in [4.69, 9.17) is 14.2 Å². The lowest BCUT2D eigenvalue weighted by Gasteiger charge is -2.16. The SMILES string of the molecule is COc1ccc(NC(=O)c2ccc(N[C@H](C)C(=O)Nc3ccc4c(c3)OCO4)cc2)cc1. The van der Waals surface area contributed by atoms with Gasteiger partial charge in [-0.1, -0.05) is 0 Å². The number of benzene rings is 3. The van der Waals surface area contributed by atoms with Crippen LogP contribution in [0.2, 0.25) is 0 Å². The highest BCUT2D eigenvalue weighted by Crippen LogP contribution is 2.34. The molecule has 32 heavy (non-hydrogen) atoms. The van der Waals surface area contributed by atoms with Gasteiger partial charge < -0.3 is 30.2 Å². The summed E-state index contributed by atoms with van der Waals surface area (Å²) in [6.07, 6.45) is 0. The highest BCUT2D eigenvalue weighted by Gasteiger charge is 2.17. The van der Waals surface area contributed by atoms with Crippen molar-refractivity contribution in [2.45, 2.75) is 13.0 Å². The molecule has 164 valence electrons. The molecule has 0 saturated carbocycles. The number of methoxy groups -OCH3 is 1. The van der Waals surface area contributed by atoms with E-state index in [9.17, 15) is 9.59 Å². The molecule has 1 heterocycles. The van der Waals surface area contributed by atoms with E-state index >= 15 is 0 Å². The van der Waals surface area contributed by atoms with E-state index in [1.165, 1.54) is 0 Å². The van der Waals surface area contributed by atoms with Crippen molar-refractivity contribution in [3.05, 3.63) is 72.3 Å². The Balaban J connectivity index is 1.32. The average Bonchev–Trinajstić information content (AvgIpc) is 3.28. The van der Waals surface area contributed by atoms with Crippen LogP contribution in [0, 0.1) is 0 Å². The van der Waals surface area contributed by atoms with Gasteiger partial charge in [0.15, 0.2) is 11.5 Å². The molecule has 1 aliphatic heterocycles. The number of carbonyl (C=O) groups excluding carboxylic acids is 2. The molecule has 0 aromatic heterocycles. The predicted octanol–water partition coefficient (Wildman–Crippen LogP) is 4.12. The zero-order valence-electron chi connectivity index (χ0n) is 17.7. The number of hydrogen-bond donors (Lipinski definition) is 3. The van der Waals surface area contributed by atoms with Crippen LogP contribution in [0.4, 0.5) is 17.1 Å². The molecular weight excluding hydrogens is 410 g/mol. The molecule has 1 aliphatic rings. The van der Waals surface area contributed by atoms with E-state index < -0.39 is 6.04 Å². The number of ether oxygens (including phenoxy) is 3. The highest BCUT2D eigenvalue weighted by molar-refractivity contribution is 6.04. The summed E-state index contributed by atoms with van der Waals surface area (Å²) in [5, 5.41) is 8.81. The van der Waals surface area contributed by atoms with E-state index in [1.54, 1.807) is 80.8 Å². The van der Waals surface area contributed by atoms with Crippen LogP contribution in [-0.4, -0.2) is 31.8 Å². The Hall–Kier alpha value is -4.20. The summed E-state index contributed by atoms with van der Waals surface area (Å²) >= 11 is 0. The normalized spacial score (nSPS) is 12.6. The molecule has 3 aromatic carbocycles. The maximum absolute atomic E-state index is 12.5. The molecule has 1 atom stereocenters. The Bertz CT molecular complexity index is 1110. The Morgan fingerprint density at radius 1 is 0.844 bits per heavy atom. The van der Waals surface area contributed by atoms with Crippen molar-refractivity contribution in [1.29, 1.82) is 0 Å². The number of carbonyl (C=O) groups is 2. The summed E-state index contributed by atoms with van der Waals surface area (Å²) in [5.41, 5.74) is 2.52. The molecule has 0 fully saturated rings. The lowest BCUT2D eigenvalue weighted by Crippen LogP contribution is -2.31. The molecule has 8 heteroatoms. The number of nitrogens with one attached hydrogen (secondary N) is 3. The molecule has 8 nitrogen and oxygen atoms in total. The molecule has 4 rings (SSSR count). The lowest BCUT2D eigenvalue weighted by molar-refractivity contribution is -0.116. The largest absolute Gasteiger partial charge is 0.497 e. The lowest BCUT2D eigenvalue weighted by atomic mass is 10.1. The fourth-order valence-corrected chi connectivity index (χ4v) is 3.14. The summed E-state index contributed by atoms with van der Waals surface area (Å²) < 4.78 is 15.7. The number of fused-ring (bicyclic) bond motifs is 1. The maximum Gasteiger partial charge on any atom is 0.255 e. The predicted molar refractivity (Wildman–Crippen MR) is 122 cm³/mol. The van der Waals surface area contributed by atoms with Crippen molar-refractivity contribution in [3.63, 3.8) is 0 Å². The van der Waals surface area contributed by atoms with Crippen molar-refractivity contribution in [3.8, 4) is 17.2 Å². The van der Waals surface area contributed by atoms with Crippen molar-refractivity contribution in [2.24, 2.45) is 0 Å². The average molecular weight is 433 g/mol. The second kappa shape index (κ2) is 9.30. The van der Waals surface area contributed by atoms with Crippen LogP contribution in [0.3, 0.4) is 0 Å². The quantitative estimate of drug-likeness (QED) is 0.519. The molecule has 0 saturated heterocycles. The minimum absolute atomic E-state index is 0.179. The molecule has 0 bridgehead atoms. The minimum Gasteiger partial charge on any atom is -0.497 e. The third-order valence-corrected chi connectivity index (χ3v) is 4.91. The van der Waals surface area contributed by atoms with E-state index in [0.717, 1.165) is 11.4 Å². The van der Waals surface area contributed by atoms with Crippen LogP contribution >= 0.6 is 0 Å². The van der Waals surface area contributed by atoms with Crippen molar-refractivity contribution < 1.29 is 23.8 Å². The van der Waals surface area contributed by atoms with E-state index in [1.807, 2.05) is 0 Å². The smallest absolute Gasteiger partial charge is 0.255 e.